The highest BCUT2D eigenvalue weighted by Gasteiger charge is 2.33. The molecule has 0 heterocycles. The molecule has 0 aliphatic heterocycles. The maximum Gasteiger partial charge on any atom is 0.123 e. The minimum Gasteiger partial charge on any atom is -0.234 e. The van der Waals surface area contributed by atoms with E-state index in [2.05, 4.69) is 26.7 Å². The van der Waals surface area contributed by atoms with Crippen LogP contribution in [0.2, 0.25) is 18.1 Å². The van der Waals surface area contributed by atoms with Gasteiger partial charge in [-0.15, -0.1) is 0 Å². The fraction of sp³-hybridized carbons (Fsp3) is 0.667. The highest BCUT2D eigenvalue weighted by Crippen LogP contribution is 2.31. The van der Waals surface area contributed by atoms with Crippen molar-refractivity contribution in [1.29, 1.82) is 0 Å². The van der Waals surface area contributed by atoms with Crippen LogP contribution in [0.25, 0.3) is 0 Å². The second kappa shape index (κ2) is 6.00. The molecule has 0 aliphatic rings. The van der Waals surface area contributed by atoms with Crippen molar-refractivity contribution in [2.45, 2.75) is 52.8 Å². The molecule has 80 valence electrons. The lowest BCUT2D eigenvalue weighted by atomic mass is 10.3. The van der Waals surface area contributed by atoms with E-state index in [9.17, 15) is 4.79 Å². The van der Waals surface area contributed by atoms with Crippen molar-refractivity contribution < 1.29 is 4.79 Å². The summed E-state index contributed by atoms with van der Waals surface area (Å²) in [5, 5.41) is 1.01. The van der Waals surface area contributed by atoms with Crippen LogP contribution in [0, 0.1) is 0 Å². The largest absolute Gasteiger partial charge is 0.234 e. The van der Waals surface area contributed by atoms with Crippen molar-refractivity contribution in [3.63, 3.8) is 0 Å². The maximum atomic E-state index is 11.1. The van der Waals surface area contributed by atoms with Crippen LogP contribution in [0.1, 0.15) is 34.6 Å². The number of hydrogen-bond acceptors (Lipinski definition) is 1. The van der Waals surface area contributed by atoms with Gasteiger partial charge in [0.2, 0.25) is 0 Å². The van der Waals surface area contributed by atoms with Crippen LogP contribution in [0.5, 0.6) is 0 Å². The second-order valence-corrected chi connectivity index (χ2v) is 8.97. The van der Waals surface area contributed by atoms with Crippen LogP contribution in [0.15, 0.2) is 16.8 Å². The number of rotatable bonds is 5. The van der Waals surface area contributed by atoms with Crippen molar-refractivity contribution >= 4 is 14.0 Å². The monoisotopic (exact) mass is 210 g/mol. The first-order valence-electron chi connectivity index (χ1n) is 5.50. The molecule has 0 unspecified atom stereocenters. The fourth-order valence-corrected chi connectivity index (χ4v) is 5.79. The van der Waals surface area contributed by atoms with Crippen molar-refractivity contribution in [3.05, 3.63) is 16.8 Å². The summed E-state index contributed by atoms with van der Waals surface area (Å²) >= 11 is 0. The van der Waals surface area contributed by atoms with Gasteiger partial charge in [0.1, 0.15) is 14.0 Å². The minimum atomic E-state index is -1.51. The second-order valence-electron chi connectivity index (χ2n) is 3.79. The first-order chi connectivity index (χ1) is 6.61. The number of hydrogen-bond donors (Lipinski definition) is 0. The molecule has 0 N–H and O–H groups in total. The van der Waals surface area contributed by atoms with Crippen molar-refractivity contribution in [2.24, 2.45) is 0 Å². The Bertz CT molecular complexity index is 247. The SMILES string of the molecule is C/C=C(\C)C(=C=O)[Si](CC)(CC)CC. The predicted octanol–water partition coefficient (Wildman–Crippen LogP) is 3.76. The zero-order valence-electron chi connectivity index (χ0n) is 10.1. The summed E-state index contributed by atoms with van der Waals surface area (Å²) in [6, 6.07) is 3.45. The molecule has 0 bridgehead atoms. The molecule has 0 aliphatic carbocycles. The standard InChI is InChI=1S/C12H22OSi/c1-6-11(5)12(10-13)14(7-2,8-3)9-4/h6H,7-9H2,1-5H3/b11-6+. The Morgan fingerprint density at radius 3 is 1.86 bits per heavy atom. The van der Waals surface area contributed by atoms with Gasteiger partial charge in [-0.1, -0.05) is 45.0 Å². The summed E-state index contributed by atoms with van der Waals surface area (Å²) < 4.78 is 0. The molecule has 0 radical (unpaired) electrons. The highest BCUT2D eigenvalue weighted by atomic mass is 28.3. The zero-order valence-corrected chi connectivity index (χ0v) is 11.1. The van der Waals surface area contributed by atoms with E-state index in [1.807, 2.05) is 19.9 Å². The van der Waals surface area contributed by atoms with Crippen molar-refractivity contribution in [2.75, 3.05) is 0 Å². The first kappa shape index (κ1) is 13.4. The molecule has 0 fully saturated rings. The van der Waals surface area contributed by atoms with E-state index in [0.717, 1.165) is 28.9 Å². The van der Waals surface area contributed by atoms with E-state index in [1.54, 1.807) is 0 Å². The molecule has 0 aromatic carbocycles. The van der Waals surface area contributed by atoms with Gasteiger partial charge in [0, 0.05) is 5.20 Å². The van der Waals surface area contributed by atoms with E-state index in [0.29, 0.717) is 0 Å². The first-order valence-corrected chi connectivity index (χ1v) is 8.12. The van der Waals surface area contributed by atoms with Gasteiger partial charge in [0.05, 0.1) is 0 Å². The van der Waals surface area contributed by atoms with Gasteiger partial charge >= 0.3 is 0 Å². The van der Waals surface area contributed by atoms with E-state index in [-0.39, 0.29) is 0 Å². The molecule has 14 heavy (non-hydrogen) atoms. The van der Waals surface area contributed by atoms with Crippen LogP contribution in [0.4, 0.5) is 0 Å². The quantitative estimate of drug-likeness (QED) is 0.383. The van der Waals surface area contributed by atoms with E-state index >= 15 is 0 Å². The molecule has 0 amide bonds. The molecule has 1 nitrogen and oxygen atoms in total. The summed E-state index contributed by atoms with van der Waals surface area (Å²) in [6.07, 6.45) is 2.03. The third-order valence-corrected chi connectivity index (χ3v) is 9.11. The summed E-state index contributed by atoms with van der Waals surface area (Å²) in [6.45, 7) is 10.6. The minimum absolute atomic E-state index is 1.01. The van der Waals surface area contributed by atoms with Gasteiger partial charge in [-0.2, -0.15) is 0 Å². The van der Waals surface area contributed by atoms with Gasteiger partial charge in [-0.25, -0.2) is 4.79 Å². The lowest BCUT2D eigenvalue weighted by molar-refractivity contribution is 0.568. The summed E-state index contributed by atoms with van der Waals surface area (Å²) in [5.74, 6) is 2.21. The lowest BCUT2D eigenvalue weighted by Gasteiger charge is -2.29. The molecular weight excluding hydrogens is 188 g/mol. The zero-order chi connectivity index (χ0) is 11.2. The van der Waals surface area contributed by atoms with Gasteiger partial charge in [0.25, 0.3) is 0 Å². The molecule has 0 spiro atoms. The average molecular weight is 210 g/mol. The molecule has 0 saturated carbocycles. The number of allylic oxidation sites excluding steroid dienone is 3. The molecule has 2 heteroatoms. The Labute approximate surface area is 88.9 Å². The Morgan fingerprint density at radius 1 is 1.21 bits per heavy atom. The average Bonchev–Trinajstić information content (AvgIpc) is 2.25. The Kier molecular flexibility index (Phi) is 5.74. The molecule has 0 rings (SSSR count). The third kappa shape index (κ3) is 2.46. The van der Waals surface area contributed by atoms with Gasteiger partial charge < -0.3 is 0 Å². The lowest BCUT2D eigenvalue weighted by Crippen LogP contribution is -2.35. The van der Waals surface area contributed by atoms with Crippen LogP contribution in [0.3, 0.4) is 0 Å². The smallest absolute Gasteiger partial charge is 0.123 e. The van der Waals surface area contributed by atoms with E-state index in [1.165, 1.54) is 0 Å². The van der Waals surface area contributed by atoms with Crippen molar-refractivity contribution in [3.8, 4) is 0 Å². The fourth-order valence-electron chi connectivity index (χ4n) is 2.03. The Morgan fingerprint density at radius 2 is 1.64 bits per heavy atom. The maximum absolute atomic E-state index is 11.1. The van der Waals surface area contributed by atoms with Gasteiger partial charge in [0.15, 0.2) is 0 Å². The normalized spacial score (nSPS) is 12.5. The van der Waals surface area contributed by atoms with Crippen LogP contribution in [-0.2, 0) is 4.79 Å². The Hall–Kier alpha value is -0.593. The van der Waals surface area contributed by atoms with Crippen LogP contribution < -0.4 is 0 Å². The third-order valence-electron chi connectivity index (χ3n) is 3.49. The molecule has 0 atom stereocenters. The predicted molar refractivity (Wildman–Crippen MR) is 65.8 cm³/mol. The van der Waals surface area contributed by atoms with E-state index < -0.39 is 8.07 Å². The topological polar surface area (TPSA) is 17.1 Å². The summed E-state index contributed by atoms with van der Waals surface area (Å²) in [4.78, 5) is 11.1. The van der Waals surface area contributed by atoms with E-state index in [4.69, 9.17) is 0 Å². The Balaban J connectivity index is 5.28. The number of carbonyl (C=O) groups excluding carboxylic acids is 1. The molecule has 0 aromatic heterocycles. The molecular formula is C12H22OSi. The summed E-state index contributed by atoms with van der Waals surface area (Å²) in [7, 11) is -1.51. The molecule has 0 aromatic rings. The van der Waals surface area contributed by atoms with Gasteiger partial charge in [-0.3, -0.25) is 0 Å². The highest BCUT2D eigenvalue weighted by molar-refractivity contribution is 6.88. The summed E-state index contributed by atoms with van der Waals surface area (Å²) in [5.41, 5.74) is 1.14. The van der Waals surface area contributed by atoms with Crippen LogP contribution in [-0.4, -0.2) is 14.0 Å². The van der Waals surface area contributed by atoms with Gasteiger partial charge in [-0.05, 0) is 19.4 Å². The molecule has 0 saturated heterocycles. The van der Waals surface area contributed by atoms with Crippen LogP contribution >= 0.6 is 0 Å². The van der Waals surface area contributed by atoms with Crippen molar-refractivity contribution in [1.82, 2.24) is 0 Å².